The maximum atomic E-state index is 12.9. The lowest BCUT2D eigenvalue weighted by Gasteiger charge is -2.33. The Morgan fingerprint density at radius 1 is 1.11 bits per heavy atom. The van der Waals surface area contributed by atoms with Crippen molar-refractivity contribution < 1.29 is 18.0 Å². The number of aromatic nitrogens is 5. The molecule has 1 aliphatic rings. The molecule has 3 aromatic heterocycles. The van der Waals surface area contributed by atoms with Crippen LogP contribution in [-0.2, 0) is 17.5 Å². The molecule has 1 aliphatic heterocycles. The number of anilines is 1. The summed E-state index contributed by atoms with van der Waals surface area (Å²) in [4.78, 5) is 27.9. The van der Waals surface area contributed by atoms with Gasteiger partial charge in [-0.25, -0.2) is 14.6 Å². The lowest BCUT2D eigenvalue weighted by atomic mass is 9.97. The first-order valence-corrected chi connectivity index (χ1v) is 12.1. The average Bonchev–Trinajstić information content (AvgIpc) is 3.32. The number of hydrogen-bond donors (Lipinski definition) is 1. The van der Waals surface area contributed by atoms with Gasteiger partial charge in [0.1, 0.15) is 12.1 Å². The van der Waals surface area contributed by atoms with Gasteiger partial charge in [0.15, 0.2) is 5.65 Å². The van der Waals surface area contributed by atoms with E-state index in [1.165, 1.54) is 23.1 Å². The number of nitrogens with zero attached hydrogens (tertiary/aromatic N) is 6. The van der Waals surface area contributed by atoms with E-state index in [1.54, 1.807) is 12.4 Å². The highest BCUT2D eigenvalue weighted by atomic mass is 79.9. The number of hydrogen-bond acceptors (Lipinski definition) is 6. The third-order valence-corrected chi connectivity index (χ3v) is 6.55. The van der Waals surface area contributed by atoms with E-state index in [-0.39, 0.29) is 11.8 Å². The number of benzene rings is 1. The van der Waals surface area contributed by atoms with Gasteiger partial charge < -0.3 is 10.2 Å². The van der Waals surface area contributed by atoms with E-state index in [1.807, 2.05) is 17.0 Å². The third kappa shape index (κ3) is 5.18. The van der Waals surface area contributed by atoms with Crippen molar-refractivity contribution in [2.24, 2.45) is 5.92 Å². The molecule has 36 heavy (non-hydrogen) atoms. The van der Waals surface area contributed by atoms with Gasteiger partial charge in [0, 0.05) is 30.0 Å². The quantitative estimate of drug-likeness (QED) is 0.386. The molecule has 1 unspecified atom stereocenters. The van der Waals surface area contributed by atoms with Crippen LogP contribution >= 0.6 is 15.9 Å². The van der Waals surface area contributed by atoms with Crippen LogP contribution in [0.5, 0.6) is 0 Å². The monoisotopic (exact) mass is 559 g/mol. The molecule has 1 aromatic carbocycles. The van der Waals surface area contributed by atoms with E-state index < -0.39 is 11.7 Å². The van der Waals surface area contributed by atoms with E-state index in [9.17, 15) is 18.0 Å². The number of carbonyl (C=O) groups excluding carboxylic acids is 1. The summed E-state index contributed by atoms with van der Waals surface area (Å²) in [5.41, 5.74) is 0.946. The van der Waals surface area contributed by atoms with Crippen molar-refractivity contribution in [2.45, 2.75) is 25.6 Å². The predicted octanol–water partition coefficient (Wildman–Crippen LogP) is 4.52. The van der Waals surface area contributed by atoms with Crippen molar-refractivity contribution in [1.29, 1.82) is 0 Å². The Labute approximate surface area is 212 Å². The number of pyridine rings is 1. The van der Waals surface area contributed by atoms with Crippen LogP contribution in [0, 0.1) is 5.92 Å². The summed E-state index contributed by atoms with van der Waals surface area (Å²) < 4.78 is 41.1. The highest BCUT2D eigenvalue weighted by Gasteiger charge is 2.30. The van der Waals surface area contributed by atoms with Crippen molar-refractivity contribution in [2.75, 3.05) is 18.0 Å². The lowest BCUT2D eigenvalue weighted by molar-refractivity contribution is -0.137. The molecule has 12 heteroatoms. The van der Waals surface area contributed by atoms with Crippen LogP contribution in [0.2, 0.25) is 0 Å². The molecule has 5 rings (SSSR count). The van der Waals surface area contributed by atoms with Gasteiger partial charge in [-0.05, 0) is 65.2 Å². The molecule has 4 aromatic rings. The van der Waals surface area contributed by atoms with Crippen LogP contribution in [0.15, 0.2) is 59.6 Å². The molecular formula is C24H21BrF3N7O. The summed E-state index contributed by atoms with van der Waals surface area (Å²) in [6.07, 6.45) is 1.97. The molecule has 1 N–H and O–H groups in total. The first kappa shape index (κ1) is 24.2. The van der Waals surface area contributed by atoms with Crippen molar-refractivity contribution in [1.82, 2.24) is 30.0 Å². The van der Waals surface area contributed by atoms with Gasteiger partial charge >= 0.3 is 6.18 Å². The molecule has 0 aliphatic carbocycles. The minimum atomic E-state index is -4.40. The molecule has 4 heterocycles. The zero-order valence-electron chi connectivity index (χ0n) is 18.9. The van der Waals surface area contributed by atoms with Gasteiger partial charge in [-0.15, -0.1) is 5.10 Å². The van der Waals surface area contributed by atoms with Crippen LogP contribution in [0.25, 0.3) is 16.7 Å². The SMILES string of the molecule is O=C(NCc1ccc(Br)cn1)C1CCCN(c2ncnc3nn(-c4ccc(C(F)(F)F)cc4)cc23)C1. The molecular weight excluding hydrogens is 539 g/mol. The second-order valence-electron chi connectivity index (χ2n) is 8.52. The van der Waals surface area contributed by atoms with Crippen LogP contribution in [-0.4, -0.2) is 43.7 Å². The topological polar surface area (TPSA) is 88.8 Å². The first-order valence-electron chi connectivity index (χ1n) is 11.3. The molecule has 0 radical (unpaired) electrons. The Morgan fingerprint density at radius 2 is 1.92 bits per heavy atom. The van der Waals surface area contributed by atoms with E-state index in [4.69, 9.17) is 0 Å². The van der Waals surface area contributed by atoms with E-state index in [0.29, 0.717) is 35.6 Å². The van der Waals surface area contributed by atoms with Crippen LogP contribution in [0.1, 0.15) is 24.1 Å². The van der Waals surface area contributed by atoms with Crippen LogP contribution < -0.4 is 10.2 Å². The number of rotatable bonds is 5. The smallest absolute Gasteiger partial charge is 0.355 e. The lowest BCUT2D eigenvalue weighted by Crippen LogP contribution is -2.43. The fraction of sp³-hybridized carbons (Fsp3) is 0.292. The van der Waals surface area contributed by atoms with Gasteiger partial charge in [-0.2, -0.15) is 13.2 Å². The number of piperidine rings is 1. The highest BCUT2D eigenvalue weighted by Crippen LogP contribution is 2.31. The minimum absolute atomic E-state index is 0.0461. The number of nitrogens with one attached hydrogen (secondary N) is 1. The Balaban J connectivity index is 1.32. The van der Waals surface area contributed by atoms with Crippen molar-refractivity contribution >= 4 is 38.7 Å². The Bertz CT molecular complexity index is 1370. The van der Waals surface area contributed by atoms with Crippen molar-refractivity contribution in [3.8, 4) is 5.69 Å². The molecule has 0 spiro atoms. The Kier molecular flexibility index (Phi) is 6.61. The van der Waals surface area contributed by atoms with Gasteiger partial charge in [0.05, 0.1) is 34.8 Å². The summed E-state index contributed by atoms with van der Waals surface area (Å²) in [5.74, 6) is 0.379. The third-order valence-electron chi connectivity index (χ3n) is 6.08. The van der Waals surface area contributed by atoms with Crippen molar-refractivity contribution in [3.05, 3.63) is 70.8 Å². The molecule has 0 saturated carbocycles. The van der Waals surface area contributed by atoms with E-state index in [2.05, 4.69) is 41.3 Å². The number of amides is 1. The summed E-state index contributed by atoms with van der Waals surface area (Å²) >= 11 is 3.35. The average molecular weight is 560 g/mol. The van der Waals surface area contributed by atoms with Gasteiger partial charge in [-0.3, -0.25) is 9.78 Å². The predicted molar refractivity (Wildman–Crippen MR) is 130 cm³/mol. The summed E-state index contributed by atoms with van der Waals surface area (Å²) in [6.45, 7) is 1.55. The molecule has 8 nitrogen and oxygen atoms in total. The highest BCUT2D eigenvalue weighted by molar-refractivity contribution is 9.10. The number of halogens is 4. The first-order chi connectivity index (χ1) is 17.3. The standard InChI is InChI=1S/C24H21BrF3N7O/c25-17-5-6-18(29-10-17)11-30-23(36)15-2-1-9-34(12-15)22-20-13-35(33-21(20)31-14-32-22)19-7-3-16(4-8-19)24(26,27)28/h3-8,10,13-15H,1-2,9,11-12H2,(H,30,36). The van der Waals surface area contributed by atoms with Crippen LogP contribution in [0.3, 0.4) is 0 Å². The fourth-order valence-electron chi connectivity index (χ4n) is 4.23. The zero-order chi connectivity index (χ0) is 25.3. The van der Waals surface area contributed by atoms with Gasteiger partial charge in [0.25, 0.3) is 0 Å². The minimum Gasteiger partial charge on any atom is -0.355 e. The maximum absolute atomic E-state index is 12.9. The molecule has 0 bridgehead atoms. The molecule has 1 saturated heterocycles. The normalized spacial score (nSPS) is 16.3. The number of alkyl halides is 3. The van der Waals surface area contributed by atoms with Gasteiger partial charge in [-0.1, -0.05) is 0 Å². The number of fused-ring (bicyclic) bond motifs is 1. The second-order valence-corrected chi connectivity index (χ2v) is 9.44. The fourth-order valence-corrected chi connectivity index (χ4v) is 4.46. The Hall–Kier alpha value is -3.54. The number of carbonyl (C=O) groups is 1. The largest absolute Gasteiger partial charge is 0.416 e. The summed E-state index contributed by atoms with van der Waals surface area (Å²) in [5, 5.41) is 8.05. The van der Waals surface area contributed by atoms with Crippen molar-refractivity contribution in [3.63, 3.8) is 0 Å². The Morgan fingerprint density at radius 3 is 2.64 bits per heavy atom. The molecule has 1 amide bonds. The summed E-state index contributed by atoms with van der Waals surface area (Å²) in [6, 6.07) is 8.50. The van der Waals surface area contributed by atoms with E-state index in [0.717, 1.165) is 41.7 Å². The summed E-state index contributed by atoms with van der Waals surface area (Å²) in [7, 11) is 0. The molecule has 186 valence electrons. The van der Waals surface area contributed by atoms with Crippen LogP contribution in [0.4, 0.5) is 19.0 Å². The molecule has 1 fully saturated rings. The second kappa shape index (κ2) is 9.84. The zero-order valence-corrected chi connectivity index (χ0v) is 20.5. The van der Waals surface area contributed by atoms with Gasteiger partial charge in [0.2, 0.25) is 5.91 Å². The maximum Gasteiger partial charge on any atom is 0.416 e. The van der Waals surface area contributed by atoms with E-state index >= 15 is 0 Å². The molecule has 1 atom stereocenters.